The van der Waals surface area contributed by atoms with Gasteiger partial charge in [0.2, 0.25) is 0 Å². The zero-order valence-corrected chi connectivity index (χ0v) is 16.8. The maximum Gasteiger partial charge on any atom is 0.255 e. The van der Waals surface area contributed by atoms with E-state index < -0.39 is 0 Å². The van der Waals surface area contributed by atoms with Crippen LogP contribution in [0.25, 0.3) is 0 Å². The van der Waals surface area contributed by atoms with E-state index in [2.05, 4.69) is 56.1 Å². The van der Waals surface area contributed by atoms with E-state index in [0.717, 1.165) is 50.3 Å². The molecule has 1 amide bonds. The molecule has 1 aromatic heterocycles. The maximum atomic E-state index is 12.9. The van der Waals surface area contributed by atoms with Gasteiger partial charge in [0.05, 0.1) is 18.8 Å². The smallest absolute Gasteiger partial charge is 0.255 e. The molecule has 0 bridgehead atoms. The average molecular weight is 430 g/mol. The van der Waals surface area contributed by atoms with Gasteiger partial charge in [-0.15, -0.1) is 0 Å². The third-order valence-electron chi connectivity index (χ3n) is 5.49. The monoisotopic (exact) mass is 429 g/mol. The number of likely N-dealkylation sites (tertiary alicyclic amines) is 1. The number of carbonyl (C=O) groups excluding carboxylic acids is 1. The van der Waals surface area contributed by atoms with Gasteiger partial charge >= 0.3 is 0 Å². The van der Waals surface area contributed by atoms with Crippen molar-refractivity contribution in [2.75, 3.05) is 32.8 Å². The number of piperidine rings is 1. The van der Waals surface area contributed by atoms with E-state index in [-0.39, 0.29) is 5.91 Å². The van der Waals surface area contributed by atoms with Crippen molar-refractivity contribution in [2.45, 2.75) is 19.0 Å². The second-order valence-electron chi connectivity index (χ2n) is 7.29. The zero-order valence-electron chi connectivity index (χ0n) is 15.3. The van der Waals surface area contributed by atoms with Crippen LogP contribution in [0.4, 0.5) is 0 Å². The van der Waals surface area contributed by atoms with Gasteiger partial charge in [-0.2, -0.15) is 0 Å². The Kier molecular flexibility index (Phi) is 5.86. The highest BCUT2D eigenvalue weighted by atomic mass is 79.9. The number of rotatable bonds is 3. The molecule has 2 saturated heterocycles. The van der Waals surface area contributed by atoms with Crippen LogP contribution in [0.5, 0.6) is 0 Å². The topological polar surface area (TPSA) is 45.7 Å². The van der Waals surface area contributed by atoms with Crippen molar-refractivity contribution >= 4 is 21.8 Å². The third kappa shape index (κ3) is 4.39. The average Bonchev–Trinajstić information content (AvgIpc) is 2.90. The number of aromatic nitrogens is 1. The minimum atomic E-state index is 0.0566. The van der Waals surface area contributed by atoms with Crippen molar-refractivity contribution in [3.8, 4) is 0 Å². The van der Waals surface area contributed by atoms with E-state index >= 15 is 0 Å². The van der Waals surface area contributed by atoms with Crippen LogP contribution in [-0.2, 0) is 11.3 Å². The van der Waals surface area contributed by atoms with Crippen molar-refractivity contribution in [3.05, 3.63) is 64.4 Å². The largest absolute Gasteiger partial charge is 0.380 e. The van der Waals surface area contributed by atoms with E-state index in [0.29, 0.717) is 17.5 Å². The number of halogens is 1. The fraction of sp³-hybridized carbons (Fsp3) is 0.429. The molecule has 0 spiro atoms. The molecule has 2 atom stereocenters. The molecule has 0 unspecified atom stereocenters. The van der Waals surface area contributed by atoms with Gasteiger partial charge in [-0.1, -0.05) is 30.3 Å². The summed E-state index contributed by atoms with van der Waals surface area (Å²) in [7, 11) is 0. The van der Waals surface area contributed by atoms with Crippen molar-refractivity contribution in [2.24, 2.45) is 5.92 Å². The molecule has 6 heteroatoms. The van der Waals surface area contributed by atoms with Gasteiger partial charge in [0.1, 0.15) is 0 Å². The van der Waals surface area contributed by atoms with Crippen LogP contribution in [-0.4, -0.2) is 59.6 Å². The molecular weight excluding hydrogens is 406 g/mol. The number of fused-ring (bicyclic) bond motifs is 1. The molecule has 27 heavy (non-hydrogen) atoms. The minimum Gasteiger partial charge on any atom is -0.380 e. The molecule has 5 nitrogen and oxygen atoms in total. The maximum absolute atomic E-state index is 12.9. The highest BCUT2D eigenvalue weighted by Gasteiger charge is 2.36. The second kappa shape index (κ2) is 8.50. The summed E-state index contributed by atoms with van der Waals surface area (Å²) in [6.07, 6.45) is 4.32. The van der Waals surface area contributed by atoms with Gasteiger partial charge in [-0.05, 0) is 34.0 Å². The number of carbonyl (C=O) groups is 1. The van der Waals surface area contributed by atoms with Crippen LogP contribution >= 0.6 is 15.9 Å². The Morgan fingerprint density at radius 1 is 1.22 bits per heavy atom. The molecule has 4 rings (SSSR count). The van der Waals surface area contributed by atoms with E-state index in [1.165, 1.54) is 5.56 Å². The van der Waals surface area contributed by atoms with Crippen LogP contribution in [0.2, 0.25) is 0 Å². The molecule has 0 N–H and O–H groups in total. The Morgan fingerprint density at radius 3 is 2.89 bits per heavy atom. The van der Waals surface area contributed by atoms with Crippen LogP contribution in [0, 0.1) is 5.92 Å². The fourth-order valence-corrected chi connectivity index (χ4v) is 4.52. The van der Waals surface area contributed by atoms with Gasteiger partial charge < -0.3 is 9.64 Å². The molecule has 1 aromatic carbocycles. The summed E-state index contributed by atoms with van der Waals surface area (Å²) in [5, 5.41) is 0. The number of amides is 1. The summed E-state index contributed by atoms with van der Waals surface area (Å²) in [4.78, 5) is 21.5. The zero-order chi connectivity index (χ0) is 18.6. The lowest BCUT2D eigenvalue weighted by atomic mass is 9.90. The van der Waals surface area contributed by atoms with Gasteiger partial charge in [0.25, 0.3) is 5.91 Å². The highest BCUT2D eigenvalue weighted by Crippen LogP contribution is 2.27. The molecule has 2 aliphatic heterocycles. The Balaban J connectivity index is 1.46. The van der Waals surface area contributed by atoms with Crippen LogP contribution in [0.1, 0.15) is 22.3 Å². The lowest BCUT2D eigenvalue weighted by Crippen LogP contribution is -2.52. The number of benzene rings is 1. The lowest BCUT2D eigenvalue weighted by Gasteiger charge is -2.42. The summed E-state index contributed by atoms with van der Waals surface area (Å²) in [6, 6.07) is 12.9. The van der Waals surface area contributed by atoms with Crippen molar-refractivity contribution in [1.82, 2.24) is 14.8 Å². The predicted octanol–water partition coefficient (Wildman–Crippen LogP) is 3.21. The summed E-state index contributed by atoms with van der Waals surface area (Å²) in [6.45, 7) is 4.87. The Bertz CT molecular complexity index is 786. The molecule has 0 radical (unpaired) electrons. The van der Waals surface area contributed by atoms with Crippen LogP contribution in [0.3, 0.4) is 0 Å². The second-order valence-corrected chi connectivity index (χ2v) is 8.21. The number of ether oxygens (including phenoxy) is 1. The number of hydrogen-bond acceptors (Lipinski definition) is 4. The van der Waals surface area contributed by atoms with Gasteiger partial charge in [0.15, 0.2) is 0 Å². The molecule has 2 aromatic rings. The highest BCUT2D eigenvalue weighted by molar-refractivity contribution is 9.10. The fourth-order valence-electron chi connectivity index (χ4n) is 4.16. The van der Waals surface area contributed by atoms with Crippen molar-refractivity contribution < 1.29 is 9.53 Å². The number of nitrogens with zero attached hydrogens (tertiary/aromatic N) is 3. The molecule has 3 heterocycles. The standard InChI is InChI=1S/C21H24BrN3O2/c22-19-10-17(11-23-12-19)21(26)25-7-6-20-18(14-25)15-27-9-8-24(20)13-16-4-2-1-3-5-16/h1-5,10-12,18,20H,6-9,13-15H2/t18-,20-/m1/s1. The number of pyridine rings is 1. The van der Waals surface area contributed by atoms with E-state index in [1.54, 1.807) is 12.4 Å². The van der Waals surface area contributed by atoms with Gasteiger partial charge in [-0.3, -0.25) is 14.7 Å². The van der Waals surface area contributed by atoms with E-state index in [1.807, 2.05) is 11.0 Å². The minimum absolute atomic E-state index is 0.0566. The Hall–Kier alpha value is -1.76. The summed E-state index contributed by atoms with van der Waals surface area (Å²) in [5.74, 6) is 0.398. The normalized spacial score (nSPS) is 23.5. The first-order chi connectivity index (χ1) is 13.2. The van der Waals surface area contributed by atoms with Crippen molar-refractivity contribution in [1.29, 1.82) is 0 Å². The number of hydrogen-bond donors (Lipinski definition) is 0. The van der Waals surface area contributed by atoms with Gasteiger partial charge in [-0.25, -0.2) is 0 Å². The SMILES string of the molecule is O=C(c1cncc(Br)c1)N1CC[C@@H]2[C@@H](COCCN2Cc2ccccc2)C1. The first-order valence-electron chi connectivity index (χ1n) is 9.46. The lowest BCUT2D eigenvalue weighted by molar-refractivity contribution is 0.0370. The molecule has 0 saturated carbocycles. The molecule has 142 valence electrons. The molecular formula is C21H24BrN3O2. The molecule has 2 aliphatic rings. The third-order valence-corrected chi connectivity index (χ3v) is 5.92. The van der Waals surface area contributed by atoms with E-state index in [9.17, 15) is 4.79 Å². The predicted molar refractivity (Wildman–Crippen MR) is 107 cm³/mol. The van der Waals surface area contributed by atoms with Crippen LogP contribution < -0.4 is 0 Å². The first-order valence-corrected chi connectivity index (χ1v) is 10.3. The quantitative estimate of drug-likeness (QED) is 0.751. The van der Waals surface area contributed by atoms with Crippen LogP contribution in [0.15, 0.2) is 53.3 Å². The summed E-state index contributed by atoms with van der Waals surface area (Å²) < 4.78 is 6.71. The molecule has 2 fully saturated rings. The van der Waals surface area contributed by atoms with Crippen molar-refractivity contribution in [3.63, 3.8) is 0 Å². The van der Waals surface area contributed by atoms with Gasteiger partial charge in [0, 0.05) is 55.0 Å². The first kappa shape index (κ1) is 18.6. The molecule has 0 aliphatic carbocycles. The Morgan fingerprint density at radius 2 is 2.07 bits per heavy atom. The van der Waals surface area contributed by atoms with E-state index in [4.69, 9.17) is 4.74 Å². The summed E-state index contributed by atoms with van der Waals surface area (Å²) >= 11 is 3.40. The summed E-state index contributed by atoms with van der Waals surface area (Å²) in [5.41, 5.74) is 1.97. The Labute approximate surface area is 168 Å².